The van der Waals surface area contributed by atoms with E-state index < -0.39 is 80.4 Å². The van der Waals surface area contributed by atoms with Gasteiger partial charge in [-0.3, -0.25) is 14.9 Å². The molecule has 0 saturated carbocycles. The molecule has 3 unspecified atom stereocenters. The van der Waals surface area contributed by atoms with Crippen LogP contribution in [0.15, 0.2) is 108 Å². The van der Waals surface area contributed by atoms with Crippen molar-refractivity contribution in [1.29, 1.82) is 0 Å². The van der Waals surface area contributed by atoms with Crippen LogP contribution in [0.25, 0.3) is 0 Å². The first-order valence-electron chi connectivity index (χ1n) is 16.7. The van der Waals surface area contributed by atoms with Gasteiger partial charge in [0.05, 0.1) is 33.2 Å². The Morgan fingerprint density at radius 3 is 2.24 bits per heavy atom. The van der Waals surface area contributed by atoms with Crippen LogP contribution < -0.4 is 10.6 Å². The van der Waals surface area contributed by atoms with Crippen molar-refractivity contribution >= 4 is 45.1 Å². The number of non-ortho nitro benzene ring substituents is 1. The van der Waals surface area contributed by atoms with E-state index >= 15 is 4.39 Å². The van der Waals surface area contributed by atoms with Crippen LogP contribution in [0, 0.1) is 15.9 Å². The number of anilines is 1. The Balaban J connectivity index is 1.40. The molecule has 4 aromatic rings. The zero-order valence-corrected chi connectivity index (χ0v) is 30.2. The van der Waals surface area contributed by atoms with Crippen LogP contribution >= 0.6 is 0 Å². The van der Waals surface area contributed by atoms with Gasteiger partial charge in [0.1, 0.15) is 24.1 Å². The van der Waals surface area contributed by atoms with Gasteiger partial charge in [-0.25, -0.2) is 27.2 Å². The van der Waals surface area contributed by atoms with E-state index in [2.05, 4.69) is 10.6 Å². The van der Waals surface area contributed by atoms with Gasteiger partial charge in [-0.2, -0.15) is 0 Å². The van der Waals surface area contributed by atoms with E-state index in [0.29, 0.717) is 0 Å². The Morgan fingerprint density at radius 2 is 1.59 bits per heavy atom. The Kier molecular flexibility index (Phi) is 11.7. The third kappa shape index (κ3) is 9.25. The zero-order valence-electron chi connectivity index (χ0n) is 29.4. The molecule has 282 valence electrons. The Labute approximate surface area is 310 Å². The minimum Gasteiger partial charge on any atom is -0.458 e. The molecule has 0 aromatic heterocycles. The molecule has 3 amide bonds. The number of sulfone groups is 1. The van der Waals surface area contributed by atoms with Gasteiger partial charge in [-0.05, 0) is 69.2 Å². The van der Waals surface area contributed by atoms with Crippen LogP contribution in [-0.4, -0.2) is 65.6 Å². The highest BCUT2D eigenvalue weighted by Gasteiger charge is 2.54. The number of esters is 2. The SMILES string of the molecule is CC(C)(C)OC(=O)C1CC(S(=O)(=O)c2ccc([N+](=O)[O-])cc2)C(c2ccccc2F)N1C(=O)CNC(=O)Nc1cccc(C(=O)OCc2ccccc2)c1. The molecule has 1 aliphatic heterocycles. The number of urea groups is 1. The number of rotatable bonds is 11. The van der Waals surface area contributed by atoms with Crippen molar-refractivity contribution in [2.24, 2.45) is 0 Å². The number of halogens is 1. The van der Waals surface area contributed by atoms with E-state index in [1.165, 1.54) is 42.5 Å². The summed E-state index contributed by atoms with van der Waals surface area (Å²) in [5.74, 6) is -3.40. The van der Waals surface area contributed by atoms with Crippen LogP contribution in [-0.2, 0) is 35.5 Å². The second kappa shape index (κ2) is 16.2. The summed E-state index contributed by atoms with van der Waals surface area (Å²) in [5, 5.41) is 14.5. The quantitative estimate of drug-likeness (QED) is 0.108. The normalized spacial score (nSPS) is 17.0. The van der Waals surface area contributed by atoms with E-state index in [1.54, 1.807) is 45.0 Å². The maximum atomic E-state index is 15.5. The molecule has 1 heterocycles. The summed E-state index contributed by atoms with van der Waals surface area (Å²) < 4.78 is 54.8. The highest BCUT2D eigenvalue weighted by atomic mass is 32.2. The van der Waals surface area contributed by atoms with Gasteiger partial charge in [-0.15, -0.1) is 0 Å². The molecule has 5 rings (SSSR count). The molecule has 1 aliphatic rings. The molecule has 14 nitrogen and oxygen atoms in total. The number of carbonyl (C=O) groups excluding carboxylic acids is 4. The summed E-state index contributed by atoms with van der Waals surface area (Å²) in [7, 11) is -4.50. The largest absolute Gasteiger partial charge is 0.458 e. The molecule has 1 saturated heterocycles. The van der Waals surface area contributed by atoms with Crippen molar-refractivity contribution in [1.82, 2.24) is 10.2 Å². The Morgan fingerprint density at radius 1 is 0.926 bits per heavy atom. The number of hydrogen-bond acceptors (Lipinski definition) is 10. The number of nitrogens with one attached hydrogen (secondary N) is 2. The Bertz CT molecular complexity index is 2160. The maximum Gasteiger partial charge on any atom is 0.338 e. The predicted octanol–water partition coefficient (Wildman–Crippen LogP) is 5.74. The van der Waals surface area contributed by atoms with Crippen molar-refractivity contribution < 1.29 is 46.4 Å². The average Bonchev–Trinajstić information content (AvgIpc) is 3.55. The lowest BCUT2D eigenvalue weighted by Gasteiger charge is -2.32. The van der Waals surface area contributed by atoms with Crippen molar-refractivity contribution in [3.63, 3.8) is 0 Å². The molecule has 0 spiro atoms. The predicted molar refractivity (Wildman–Crippen MR) is 193 cm³/mol. The summed E-state index contributed by atoms with van der Waals surface area (Å²) in [5.41, 5.74) is -0.537. The van der Waals surface area contributed by atoms with Gasteiger partial charge < -0.3 is 25.0 Å². The van der Waals surface area contributed by atoms with Crippen LogP contribution in [0.3, 0.4) is 0 Å². The van der Waals surface area contributed by atoms with Crippen LogP contribution in [0.1, 0.15) is 54.7 Å². The van der Waals surface area contributed by atoms with Gasteiger partial charge >= 0.3 is 18.0 Å². The van der Waals surface area contributed by atoms with Gasteiger partial charge in [0.2, 0.25) is 5.91 Å². The molecule has 16 heteroatoms. The van der Waals surface area contributed by atoms with Crippen LogP contribution in [0.4, 0.5) is 20.6 Å². The van der Waals surface area contributed by atoms with E-state index in [4.69, 9.17) is 9.47 Å². The van der Waals surface area contributed by atoms with Gasteiger partial charge in [-0.1, -0.05) is 54.6 Å². The average molecular weight is 761 g/mol. The Hall–Kier alpha value is -6.16. The fraction of sp³-hybridized carbons (Fsp3) is 0.263. The number of amides is 3. The van der Waals surface area contributed by atoms with Gasteiger partial charge in [0, 0.05) is 23.4 Å². The van der Waals surface area contributed by atoms with E-state index in [0.717, 1.165) is 40.8 Å². The van der Waals surface area contributed by atoms with Crippen molar-refractivity contribution in [2.75, 3.05) is 11.9 Å². The highest BCUT2D eigenvalue weighted by molar-refractivity contribution is 7.92. The lowest BCUT2D eigenvalue weighted by Crippen LogP contribution is -2.49. The number of benzene rings is 4. The van der Waals surface area contributed by atoms with Gasteiger partial charge in [0.15, 0.2) is 9.84 Å². The molecular weight excluding hydrogens is 724 g/mol. The van der Waals surface area contributed by atoms with E-state index in [9.17, 15) is 37.7 Å². The van der Waals surface area contributed by atoms with E-state index in [1.807, 2.05) is 6.07 Å². The summed E-state index contributed by atoms with van der Waals surface area (Å²) >= 11 is 0. The fourth-order valence-electron chi connectivity index (χ4n) is 5.99. The van der Waals surface area contributed by atoms with Crippen LogP contribution in [0.2, 0.25) is 0 Å². The summed E-state index contributed by atoms with van der Waals surface area (Å²) in [4.78, 5) is 64.5. The second-order valence-electron chi connectivity index (χ2n) is 13.3. The maximum absolute atomic E-state index is 15.5. The van der Waals surface area contributed by atoms with Crippen molar-refractivity contribution in [3.05, 3.63) is 136 Å². The smallest absolute Gasteiger partial charge is 0.338 e. The van der Waals surface area contributed by atoms with E-state index in [-0.39, 0.29) is 34.0 Å². The van der Waals surface area contributed by atoms with Crippen molar-refractivity contribution in [3.8, 4) is 0 Å². The summed E-state index contributed by atoms with van der Waals surface area (Å²) in [6.45, 7) is 4.00. The molecule has 0 radical (unpaired) electrons. The van der Waals surface area contributed by atoms with Gasteiger partial charge in [0.25, 0.3) is 5.69 Å². The number of hydrogen-bond donors (Lipinski definition) is 2. The van der Waals surface area contributed by atoms with Crippen molar-refractivity contribution in [2.45, 2.75) is 61.6 Å². The standard InChI is InChI=1S/C38H37FN4O10S/c1-38(2,3)53-36(46)31-21-32(54(50,51)28-18-16-27(17-19-28)43(48)49)34(29-14-7-8-15-30(29)39)42(31)33(44)22-40-37(47)41-26-13-9-12-25(20-26)35(45)52-23-24-10-5-4-6-11-24/h4-20,31-32,34H,21-23H2,1-3H3,(H2,40,41,47). The molecule has 2 N–H and O–H groups in total. The first kappa shape index (κ1) is 39.1. The molecule has 0 aliphatic carbocycles. The molecule has 1 fully saturated rings. The number of nitro groups is 1. The molecule has 3 atom stereocenters. The third-order valence-electron chi connectivity index (χ3n) is 8.38. The minimum atomic E-state index is -4.50. The number of ether oxygens (including phenoxy) is 2. The lowest BCUT2D eigenvalue weighted by atomic mass is 10.0. The number of nitro benzene ring substituents is 1. The molecule has 0 bridgehead atoms. The monoisotopic (exact) mass is 760 g/mol. The summed E-state index contributed by atoms with van der Waals surface area (Å²) in [6, 6.07) is 20.1. The molecule has 4 aromatic carbocycles. The highest BCUT2D eigenvalue weighted by Crippen LogP contribution is 2.44. The molecule has 54 heavy (non-hydrogen) atoms. The zero-order chi connectivity index (χ0) is 39.2. The first-order valence-corrected chi connectivity index (χ1v) is 18.2. The third-order valence-corrected chi connectivity index (χ3v) is 10.6. The first-order chi connectivity index (χ1) is 25.5. The summed E-state index contributed by atoms with van der Waals surface area (Å²) in [6.07, 6.45) is -0.516. The fourth-order valence-corrected chi connectivity index (χ4v) is 7.91. The number of carbonyl (C=O) groups is 4. The minimum absolute atomic E-state index is 0.0324. The number of nitrogens with zero attached hydrogens (tertiary/aromatic N) is 2. The topological polar surface area (TPSA) is 191 Å². The second-order valence-corrected chi connectivity index (χ2v) is 15.5. The van der Waals surface area contributed by atoms with Crippen LogP contribution in [0.5, 0.6) is 0 Å². The number of likely N-dealkylation sites (tertiary alicyclic amines) is 1. The lowest BCUT2D eigenvalue weighted by molar-refractivity contribution is -0.384. The molecular formula is C38H37FN4O10S.